The van der Waals surface area contributed by atoms with E-state index in [-0.39, 0.29) is 11.9 Å². The van der Waals surface area contributed by atoms with Crippen molar-refractivity contribution in [1.82, 2.24) is 15.5 Å². The van der Waals surface area contributed by atoms with Gasteiger partial charge in [0.05, 0.1) is 6.54 Å². The first-order valence-corrected chi connectivity index (χ1v) is 3.65. The van der Waals surface area contributed by atoms with Gasteiger partial charge in [0, 0.05) is 13.1 Å². The van der Waals surface area contributed by atoms with Crippen molar-refractivity contribution in [1.29, 1.82) is 0 Å². The van der Waals surface area contributed by atoms with E-state index < -0.39 is 0 Å². The van der Waals surface area contributed by atoms with Crippen molar-refractivity contribution >= 4 is 11.9 Å². The van der Waals surface area contributed by atoms with Crippen LogP contribution < -0.4 is 10.2 Å². The van der Waals surface area contributed by atoms with Gasteiger partial charge in [-0.25, -0.2) is 0 Å². The lowest BCUT2D eigenvalue weighted by molar-refractivity contribution is -0.118. The molecular formula is C6H8N4O2. The largest absolute Gasteiger partial charge is 0.330 e. The van der Waals surface area contributed by atoms with Crippen molar-refractivity contribution in [2.45, 2.75) is 0 Å². The number of nitrogens with one attached hydrogen (secondary N) is 1. The van der Waals surface area contributed by atoms with E-state index in [1.807, 2.05) is 0 Å². The predicted molar refractivity (Wildman–Crippen MR) is 39.5 cm³/mol. The molecule has 12 heavy (non-hydrogen) atoms. The Balaban J connectivity index is 2.17. The van der Waals surface area contributed by atoms with Gasteiger partial charge in [-0.15, -0.1) is 0 Å². The Bertz CT molecular complexity index is 271. The Morgan fingerprint density at radius 2 is 2.58 bits per heavy atom. The third-order valence-corrected chi connectivity index (χ3v) is 1.67. The van der Waals surface area contributed by atoms with Gasteiger partial charge < -0.3 is 9.84 Å². The van der Waals surface area contributed by atoms with Crippen LogP contribution in [0.2, 0.25) is 0 Å². The topological polar surface area (TPSA) is 71.3 Å². The summed E-state index contributed by atoms with van der Waals surface area (Å²) in [5.41, 5.74) is 0. The summed E-state index contributed by atoms with van der Waals surface area (Å²) in [4.78, 5) is 16.5. The highest BCUT2D eigenvalue weighted by Gasteiger charge is 2.22. The summed E-state index contributed by atoms with van der Waals surface area (Å²) >= 11 is 0. The number of hydrogen-bond donors (Lipinski definition) is 1. The van der Waals surface area contributed by atoms with E-state index in [0.29, 0.717) is 13.1 Å². The van der Waals surface area contributed by atoms with Gasteiger partial charge in [-0.2, -0.15) is 4.98 Å². The van der Waals surface area contributed by atoms with E-state index in [1.165, 1.54) is 11.2 Å². The molecule has 0 saturated carbocycles. The third kappa shape index (κ3) is 1.16. The first kappa shape index (κ1) is 7.23. The lowest BCUT2D eigenvalue weighted by Gasteiger charge is -2.22. The molecule has 1 aromatic rings. The zero-order valence-electron chi connectivity index (χ0n) is 6.36. The third-order valence-electron chi connectivity index (χ3n) is 1.67. The fourth-order valence-electron chi connectivity index (χ4n) is 1.09. The number of carbonyl (C=O) groups excluding carboxylic acids is 1. The monoisotopic (exact) mass is 168 g/mol. The van der Waals surface area contributed by atoms with Crippen LogP contribution in [0.3, 0.4) is 0 Å². The maximum atomic E-state index is 11.2. The van der Waals surface area contributed by atoms with Crippen LogP contribution in [0.25, 0.3) is 0 Å². The van der Waals surface area contributed by atoms with Gasteiger partial charge in [-0.05, 0) is 0 Å². The quantitative estimate of drug-likeness (QED) is 0.582. The maximum Gasteiger partial charge on any atom is 0.330 e. The van der Waals surface area contributed by atoms with Gasteiger partial charge >= 0.3 is 6.01 Å². The number of amides is 1. The second-order valence-corrected chi connectivity index (χ2v) is 2.45. The normalized spacial score (nSPS) is 18.3. The summed E-state index contributed by atoms with van der Waals surface area (Å²) in [6.45, 7) is 1.68. The average molecular weight is 168 g/mol. The summed E-state index contributed by atoms with van der Waals surface area (Å²) in [7, 11) is 0. The van der Waals surface area contributed by atoms with Crippen molar-refractivity contribution in [3.05, 3.63) is 6.33 Å². The SMILES string of the molecule is O=C1CNCCN1c1ncno1. The molecule has 0 radical (unpaired) electrons. The molecule has 6 heteroatoms. The molecule has 0 spiro atoms. The minimum atomic E-state index is -0.0366. The number of anilines is 1. The van der Waals surface area contributed by atoms with E-state index in [4.69, 9.17) is 4.52 Å². The fraction of sp³-hybridized carbons (Fsp3) is 0.500. The lowest BCUT2D eigenvalue weighted by atomic mass is 10.4. The molecule has 0 unspecified atom stereocenters. The zero-order valence-corrected chi connectivity index (χ0v) is 6.36. The molecular weight excluding hydrogens is 160 g/mol. The molecule has 1 saturated heterocycles. The van der Waals surface area contributed by atoms with Gasteiger partial charge in [0.25, 0.3) is 0 Å². The van der Waals surface area contributed by atoms with Crippen molar-refractivity contribution in [3.63, 3.8) is 0 Å². The Kier molecular flexibility index (Phi) is 1.75. The van der Waals surface area contributed by atoms with Crippen LogP contribution >= 0.6 is 0 Å². The van der Waals surface area contributed by atoms with Gasteiger partial charge in [0.2, 0.25) is 5.91 Å². The highest BCUT2D eigenvalue weighted by molar-refractivity contribution is 5.93. The first-order valence-electron chi connectivity index (χ1n) is 3.65. The van der Waals surface area contributed by atoms with Gasteiger partial charge in [-0.3, -0.25) is 9.69 Å². The lowest BCUT2D eigenvalue weighted by Crippen LogP contribution is -2.48. The van der Waals surface area contributed by atoms with Gasteiger partial charge in [0.1, 0.15) is 0 Å². The van der Waals surface area contributed by atoms with E-state index in [0.717, 1.165) is 6.54 Å². The van der Waals surface area contributed by atoms with E-state index in [1.54, 1.807) is 0 Å². The molecule has 6 nitrogen and oxygen atoms in total. The number of carbonyl (C=O) groups is 1. The number of nitrogens with zero attached hydrogens (tertiary/aromatic N) is 3. The second kappa shape index (κ2) is 2.90. The Morgan fingerprint density at radius 3 is 3.25 bits per heavy atom. The van der Waals surface area contributed by atoms with Crippen LogP contribution in [-0.2, 0) is 4.79 Å². The van der Waals surface area contributed by atoms with Gasteiger partial charge in [-0.1, -0.05) is 5.16 Å². The number of hydrogen-bond acceptors (Lipinski definition) is 5. The van der Waals surface area contributed by atoms with Crippen molar-refractivity contribution in [3.8, 4) is 0 Å². The minimum absolute atomic E-state index is 0.0366. The molecule has 1 fully saturated rings. The molecule has 2 rings (SSSR count). The van der Waals surface area contributed by atoms with Crippen LogP contribution in [0.1, 0.15) is 0 Å². The van der Waals surface area contributed by atoms with Crippen molar-refractivity contribution in [2.75, 3.05) is 24.5 Å². The van der Waals surface area contributed by atoms with Crippen LogP contribution in [0.5, 0.6) is 0 Å². The van der Waals surface area contributed by atoms with E-state index >= 15 is 0 Å². The van der Waals surface area contributed by atoms with Crippen molar-refractivity contribution in [2.24, 2.45) is 0 Å². The molecule has 1 aliphatic rings. The van der Waals surface area contributed by atoms with Gasteiger partial charge in [0.15, 0.2) is 6.33 Å². The molecule has 1 aliphatic heterocycles. The summed E-state index contributed by atoms with van der Waals surface area (Å²) in [6.07, 6.45) is 1.28. The number of aromatic nitrogens is 2. The Hall–Kier alpha value is -1.43. The smallest absolute Gasteiger partial charge is 0.315 e. The Labute approximate surface area is 68.5 Å². The molecule has 0 bridgehead atoms. The summed E-state index contributed by atoms with van der Waals surface area (Å²) in [6, 6.07) is 0.279. The average Bonchev–Trinajstić information content (AvgIpc) is 2.57. The maximum absolute atomic E-state index is 11.2. The second-order valence-electron chi connectivity index (χ2n) is 2.45. The van der Waals surface area contributed by atoms with Crippen LogP contribution in [-0.4, -0.2) is 35.7 Å². The molecule has 0 atom stereocenters. The Morgan fingerprint density at radius 1 is 1.67 bits per heavy atom. The van der Waals surface area contributed by atoms with E-state index in [9.17, 15) is 4.79 Å². The standard InChI is InChI=1S/C6H8N4O2/c11-5-3-7-1-2-10(5)6-8-4-9-12-6/h4,7H,1-3H2. The molecule has 1 N–H and O–H groups in total. The molecule has 0 aliphatic carbocycles. The highest BCUT2D eigenvalue weighted by Crippen LogP contribution is 2.08. The molecule has 1 aromatic heterocycles. The number of rotatable bonds is 1. The van der Waals surface area contributed by atoms with Crippen LogP contribution in [0.4, 0.5) is 6.01 Å². The molecule has 0 aromatic carbocycles. The minimum Gasteiger partial charge on any atom is -0.315 e. The fourth-order valence-corrected chi connectivity index (χ4v) is 1.09. The first-order chi connectivity index (χ1) is 5.88. The van der Waals surface area contributed by atoms with Crippen molar-refractivity contribution < 1.29 is 9.32 Å². The predicted octanol–water partition coefficient (Wildman–Crippen LogP) is -0.994. The summed E-state index contributed by atoms with van der Waals surface area (Å²) in [5.74, 6) is -0.0366. The molecule has 2 heterocycles. The van der Waals surface area contributed by atoms with Crippen LogP contribution in [0, 0.1) is 0 Å². The van der Waals surface area contributed by atoms with E-state index in [2.05, 4.69) is 15.5 Å². The number of piperazine rings is 1. The zero-order chi connectivity index (χ0) is 8.39. The molecule has 64 valence electrons. The van der Waals surface area contributed by atoms with Crippen LogP contribution in [0.15, 0.2) is 10.9 Å². The summed E-state index contributed by atoms with van der Waals surface area (Å²) < 4.78 is 4.76. The highest BCUT2D eigenvalue weighted by atomic mass is 16.5. The molecule has 1 amide bonds. The summed E-state index contributed by atoms with van der Waals surface area (Å²) in [5, 5.41) is 6.38.